The molecule has 5 fully saturated rings. The third kappa shape index (κ3) is 14.0. The van der Waals surface area contributed by atoms with Crippen LogP contribution in [0, 0.1) is 59.2 Å². The van der Waals surface area contributed by atoms with Gasteiger partial charge < -0.3 is 85.4 Å². The predicted octanol–water partition coefficient (Wildman–Crippen LogP) is 3.90. The summed E-state index contributed by atoms with van der Waals surface area (Å²) >= 11 is 0. The molecule has 0 aliphatic carbocycles. The number of allylic oxidation sites excluding steroid dienone is 3. The summed E-state index contributed by atoms with van der Waals surface area (Å²) in [6.07, 6.45) is -3.96. The topological polar surface area (TPSA) is 467 Å². The fraction of sp³-hybridized carbons (Fsp3) is 0.677. The summed E-state index contributed by atoms with van der Waals surface area (Å²) < 4.78 is 32.3. The Morgan fingerprint density at radius 3 is 1.99 bits per heavy atom. The summed E-state index contributed by atoms with van der Waals surface area (Å²) in [7, 11) is -5.06. The van der Waals surface area contributed by atoms with Crippen LogP contribution < -0.4 is 49.3 Å². The third-order valence-electron chi connectivity index (χ3n) is 21.2. The minimum atomic E-state index is -5.06. The third-order valence-corrected chi connectivity index (χ3v) is 22.3. The molecule has 4 unspecified atom stereocenters. The van der Waals surface area contributed by atoms with E-state index in [2.05, 4.69) is 10.3 Å². The van der Waals surface area contributed by atoms with Crippen molar-refractivity contribution in [3.05, 3.63) is 85.2 Å². The Balaban J connectivity index is 0.0000118. The molecule has 6 aliphatic rings. The van der Waals surface area contributed by atoms with Crippen LogP contribution in [0.3, 0.4) is 0 Å². The molecular formula is C62H92CoN13O14P-4. The molecule has 8 rings (SSSR count). The van der Waals surface area contributed by atoms with Gasteiger partial charge >= 0.3 is 7.82 Å². The largest absolute Gasteiger partial charge is 0.685 e. The van der Waals surface area contributed by atoms with Crippen LogP contribution in [-0.4, -0.2) is 124 Å². The normalized spacial score (nSPS) is 36.3. The molecule has 0 saturated carbocycles. The van der Waals surface area contributed by atoms with Gasteiger partial charge in [-0.2, -0.15) is 17.1 Å². The average molecular weight is 1330 g/mol. The first-order valence-electron chi connectivity index (χ1n) is 30.9. The molecule has 16 N–H and O–H groups in total. The fourth-order valence-corrected chi connectivity index (χ4v) is 17.2. The standard InChI is InChI=1S/C62H92N13O14P.Co/c1-29-20-39-40(21-30(29)2)75(28-70-39)57-52(84)53(41(27-76)87-57)89-90(85,86)88-31(3)26-69-49(83)18-19-59(8)37(22-46(66)80)56-62(11)61(10,25-48(68)82)36(14-17-45(65)79)51(74-62)33(5)55-60(9,24-47(67)81)34(12-15-43(63)77)38(71-55)23-42-58(6,7)35(13-16-44(64)78)50(72-42)32(4)54(59)73-56;/h20-21,23,28,31,34-38,41,50,52-53,55-57,76,84H,12-19,22,24-27H2,1-11H3,(H14,63,64,65,66,67,68,69,77,78,79,80,81,82,83,85,86);/q-4;/b42-23-,51-33-,54-32-;/t31-,34-,35-,36-,37+,38?,41-,50?,52-,53-,55?,56-,57+,59-,60+,61+,62+;/m1./s1. The second-order valence-corrected chi connectivity index (χ2v) is 28.9. The number of ether oxygens (including phenoxy) is 1. The van der Waals surface area contributed by atoms with Gasteiger partial charge in [0.25, 0.3) is 0 Å². The summed E-state index contributed by atoms with van der Waals surface area (Å²) in [5.74, 6) is -6.91. The number of hydrogen-bond acceptors (Lipinski definition) is 13. The van der Waals surface area contributed by atoms with Gasteiger partial charge in [-0.1, -0.05) is 47.6 Å². The van der Waals surface area contributed by atoms with E-state index in [1.165, 1.54) is 13.3 Å². The van der Waals surface area contributed by atoms with E-state index in [4.69, 9.17) is 69.5 Å². The summed E-state index contributed by atoms with van der Waals surface area (Å²) in [6, 6.07) is 0.469. The van der Waals surface area contributed by atoms with E-state index in [0.717, 1.165) is 11.1 Å². The first kappa shape index (κ1) is 72.5. The number of primary amides is 6. The van der Waals surface area contributed by atoms with Gasteiger partial charge in [0.2, 0.25) is 41.4 Å². The van der Waals surface area contributed by atoms with E-state index in [0.29, 0.717) is 39.3 Å². The van der Waals surface area contributed by atoms with Crippen molar-refractivity contribution in [2.75, 3.05) is 13.2 Å². The monoisotopic (exact) mass is 1330 g/mol. The van der Waals surface area contributed by atoms with Crippen LogP contribution in [0.2, 0.25) is 0 Å². The molecule has 29 heteroatoms. The van der Waals surface area contributed by atoms with Gasteiger partial charge in [0, 0.05) is 68.3 Å². The molecular weight excluding hydrogens is 1240 g/mol. The van der Waals surface area contributed by atoms with Crippen LogP contribution in [0.1, 0.15) is 150 Å². The first-order valence-corrected chi connectivity index (χ1v) is 32.4. The molecule has 507 valence electrons. The number of nitrogens with one attached hydrogen (secondary N) is 1. The number of carbonyl (C=O) groups excluding carboxylic acids is 7. The average Bonchev–Trinajstić information content (AvgIpc) is 1.53. The zero-order chi connectivity index (χ0) is 66.7. The molecule has 8 bridgehead atoms. The van der Waals surface area contributed by atoms with Crippen molar-refractivity contribution in [2.24, 2.45) is 79.7 Å². The summed E-state index contributed by atoms with van der Waals surface area (Å²) in [4.78, 5) is 109. The zero-order valence-electron chi connectivity index (χ0n) is 53.8. The molecule has 0 spiro atoms. The maximum Gasteiger partial charge on any atom is 0.472 e. The number of nitrogens with zero attached hydrogens (tertiary/aromatic N) is 6. The van der Waals surface area contributed by atoms with Crippen LogP contribution in [-0.2, 0) is 68.7 Å². The van der Waals surface area contributed by atoms with Gasteiger partial charge in [-0.3, -0.25) is 42.6 Å². The number of rotatable bonds is 26. The van der Waals surface area contributed by atoms with Crippen LogP contribution in [0.15, 0.2) is 52.8 Å². The van der Waals surface area contributed by atoms with Crippen molar-refractivity contribution in [1.82, 2.24) is 10.3 Å². The molecule has 18 atom stereocenters. The molecule has 27 nitrogen and oxygen atoms in total. The molecule has 7 amide bonds. The Kier molecular flexibility index (Phi) is 21.7. The van der Waals surface area contributed by atoms with Crippen molar-refractivity contribution in [2.45, 2.75) is 207 Å². The quantitative estimate of drug-likeness (QED) is 0.0472. The molecule has 5 saturated heterocycles. The summed E-state index contributed by atoms with van der Waals surface area (Å²) in [5.41, 5.74) is 36.2. The number of nitrogens with two attached hydrogens (primary N) is 6. The van der Waals surface area contributed by atoms with E-state index in [1.807, 2.05) is 87.4 Å². The number of benzene rings is 1. The minimum absolute atomic E-state index is 0. The van der Waals surface area contributed by atoms with Crippen LogP contribution in [0.4, 0.5) is 0 Å². The number of phosphoric acid groups is 1. The van der Waals surface area contributed by atoms with Crippen molar-refractivity contribution < 1.29 is 88.4 Å². The van der Waals surface area contributed by atoms with Gasteiger partial charge in [-0.15, -0.1) is 40.9 Å². The maximum absolute atomic E-state index is 14.4. The van der Waals surface area contributed by atoms with Gasteiger partial charge in [0.15, 0.2) is 6.23 Å². The first-order chi connectivity index (χ1) is 41.8. The molecule has 1 aromatic carbocycles. The molecule has 1 radical (unpaired) electrons. The Labute approximate surface area is 541 Å². The van der Waals surface area contributed by atoms with Crippen molar-refractivity contribution in [1.29, 1.82) is 0 Å². The number of aliphatic hydroxyl groups excluding tert-OH is 2. The van der Waals surface area contributed by atoms with Gasteiger partial charge in [-0.25, -0.2) is 9.55 Å². The molecule has 91 heavy (non-hydrogen) atoms. The van der Waals surface area contributed by atoms with E-state index >= 15 is 0 Å². The van der Waals surface area contributed by atoms with Gasteiger partial charge in [-0.05, 0) is 129 Å². The molecule has 6 aliphatic heterocycles. The van der Waals surface area contributed by atoms with E-state index in [9.17, 15) is 53.2 Å². The van der Waals surface area contributed by atoms with E-state index in [-0.39, 0.29) is 94.0 Å². The van der Waals surface area contributed by atoms with Crippen LogP contribution >= 0.6 is 7.82 Å². The SMILES string of the molecule is C/C1=C2/[N-][C@H]([C@H](CC(N)=O)[C@@]2(C)CCC(=O)NC[C@@H](C)OP(=O)(O)O[C@H]2[C@@H](O)[C@@H]([n+]3c[n-]c4cc(C)c(C)cc43)O[C@@H]2CO)[C@]2(C)[N-]/C(=C(/C)C3[N-]C(/C=C4\[N-]C1[C@@H](CCC(N)=O)C4(C)C)[C@@H](CCC(N)=O)[C@]3(C)CC(N)=O)[C@@H](CCC(N)=O)[C@]2(C)CC(N)=O.[Co]. The number of fused-ring (bicyclic) bond motifs is 10. The number of phosphoric ester groups is 1. The van der Waals surface area contributed by atoms with Crippen molar-refractivity contribution in [3.8, 4) is 0 Å². The molecule has 7 heterocycles. The number of aromatic nitrogens is 2. The van der Waals surface area contributed by atoms with Gasteiger partial charge in [0.05, 0.1) is 30.1 Å². The predicted molar refractivity (Wildman–Crippen MR) is 331 cm³/mol. The second kappa shape index (κ2) is 27.2. The molecule has 2 aromatic rings. The summed E-state index contributed by atoms with van der Waals surface area (Å²) in [6.45, 7) is 19.5. The van der Waals surface area contributed by atoms with Crippen LogP contribution in [0.25, 0.3) is 32.3 Å². The maximum atomic E-state index is 14.4. The minimum Gasteiger partial charge on any atom is -0.685 e. The zero-order valence-corrected chi connectivity index (χ0v) is 55.7. The number of aryl methyl sites for hydroxylation is 2. The van der Waals surface area contributed by atoms with Crippen molar-refractivity contribution >= 4 is 60.2 Å². The molecule has 1 aromatic heterocycles. The van der Waals surface area contributed by atoms with E-state index in [1.54, 1.807) is 4.57 Å². The second-order valence-electron chi connectivity index (χ2n) is 27.6. The Morgan fingerprint density at radius 2 is 1.40 bits per heavy atom. The number of aliphatic hydroxyl groups is 2. The van der Waals surface area contributed by atoms with Gasteiger partial charge in [0.1, 0.15) is 18.3 Å². The van der Waals surface area contributed by atoms with Crippen molar-refractivity contribution in [3.63, 3.8) is 0 Å². The Bertz CT molecular complexity index is 3340. The Morgan fingerprint density at radius 1 is 0.791 bits per heavy atom. The van der Waals surface area contributed by atoms with Crippen LogP contribution in [0.5, 0.6) is 0 Å². The number of carbonyl (C=O) groups is 7. The smallest absolute Gasteiger partial charge is 0.472 e. The fourth-order valence-electron chi connectivity index (χ4n) is 16.1. The number of amides is 7. The van der Waals surface area contributed by atoms with E-state index < -0.39 is 161 Å². The number of imidazole rings is 1. The summed E-state index contributed by atoms with van der Waals surface area (Å²) in [5, 5.41) is 46.9. The number of hydrogen-bond donors (Lipinski definition) is 10. The Hall–Kier alpha value is -5.94.